The maximum Gasteiger partial charge on any atom is 0.0914 e. The number of fused-ring (bicyclic) bond motifs is 2. The number of hydrogen-bond donors (Lipinski definition) is 2. The van der Waals surface area contributed by atoms with E-state index >= 15 is 0 Å². The van der Waals surface area contributed by atoms with E-state index in [0.29, 0.717) is 29.8 Å². The molecule has 2 aliphatic heterocycles. The minimum Gasteiger partial charge on any atom is -0.387 e. The number of benzene rings is 1. The van der Waals surface area contributed by atoms with Gasteiger partial charge < -0.3 is 15.2 Å². The molecule has 2 saturated heterocycles. The van der Waals surface area contributed by atoms with Crippen LogP contribution in [0.4, 0.5) is 0 Å². The predicted octanol–water partition coefficient (Wildman–Crippen LogP) is 2.28. The Morgan fingerprint density at radius 2 is 2.11 bits per heavy atom. The van der Waals surface area contributed by atoms with Crippen LogP contribution in [-0.4, -0.2) is 29.9 Å². The van der Waals surface area contributed by atoms with E-state index in [-0.39, 0.29) is 0 Å². The molecule has 2 bridgehead atoms. The summed E-state index contributed by atoms with van der Waals surface area (Å²) in [6.45, 7) is 0.568. The monoisotopic (exact) mass is 267 g/mol. The van der Waals surface area contributed by atoms with Crippen molar-refractivity contribution in [3.05, 3.63) is 34.9 Å². The van der Waals surface area contributed by atoms with Gasteiger partial charge in [-0.15, -0.1) is 0 Å². The van der Waals surface area contributed by atoms with E-state index in [1.54, 1.807) is 12.1 Å². The highest BCUT2D eigenvalue weighted by Gasteiger charge is 2.40. The fourth-order valence-electron chi connectivity index (χ4n) is 2.92. The van der Waals surface area contributed by atoms with Crippen LogP contribution >= 0.6 is 11.6 Å². The van der Waals surface area contributed by atoms with Crippen LogP contribution in [0.3, 0.4) is 0 Å². The lowest BCUT2D eigenvalue weighted by Crippen LogP contribution is -2.39. The highest BCUT2D eigenvalue weighted by atomic mass is 35.5. The van der Waals surface area contributed by atoms with Crippen molar-refractivity contribution >= 4 is 11.6 Å². The molecular formula is C14H18ClNO2. The van der Waals surface area contributed by atoms with E-state index in [9.17, 15) is 5.11 Å². The zero-order valence-corrected chi connectivity index (χ0v) is 10.9. The van der Waals surface area contributed by atoms with Gasteiger partial charge in [-0.1, -0.05) is 23.7 Å². The molecule has 4 heteroatoms. The summed E-state index contributed by atoms with van der Waals surface area (Å²) in [7, 11) is 0. The first-order valence-corrected chi connectivity index (χ1v) is 6.92. The van der Waals surface area contributed by atoms with Crippen LogP contribution in [0.15, 0.2) is 24.3 Å². The second kappa shape index (κ2) is 5.17. The standard InChI is InChI=1S/C14H18ClNO2/c15-10-3-1-9(2-4-10)13(17)8-16-12-7-11-5-6-14(12)18-11/h1-4,11-14,16-17H,5-8H2. The van der Waals surface area contributed by atoms with Crippen molar-refractivity contribution in [2.45, 2.75) is 43.6 Å². The van der Waals surface area contributed by atoms with Gasteiger partial charge in [0.25, 0.3) is 0 Å². The largest absolute Gasteiger partial charge is 0.387 e. The van der Waals surface area contributed by atoms with Crippen LogP contribution in [0.25, 0.3) is 0 Å². The topological polar surface area (TPSA) is 41.5 Å². The van der Waals surface area contributed by atoms with Gasteiger partial charge in [0, 0.05) is 17.6 Å². The Morgan fingerprint density at radius 1 is 1.33 bits per heavy atom. The number of nitrogens with one attached hydrogen (secondary N) is 1. The maximum absolute atomic E-state index is 10.1. The molecule has 1 aromatic carbocycles. The smallest absolute Gasteiger partial charge is 0.0914 e. The Kier molecular flexibility index (Phi) is 3.57. The Labute approximate surface area is 112 Å². The molecule has 0 radical (unpaired) electrons. The summed E-state index contributed by atoms with van der Waals surface area (Å²) in [6, 6.07) is 7.75. The van der Waals surface area contributed by atoms with Crippen molar-refractivity contribution in [3.8, 4) is 0 Å². The summed E-state index contributed by atoms with van der Waals surface area (Å²) in [5, 5.41) is 14.2. The van der Waals surface area contributed by atoms with Crippen LogP contribution in [0.5, 0.6) is 0 Å². The Hall–Kier alpha value is -0.610. The van der Waals surface area contributed by atoms with Crippen molar-refractivity contribution < 1.29 is 9.84 Å². The SMILES string of the molecule is OC(CNC1CC2CCC1O2)c1ccc(Cl)cc1. The molecular weight excluding hydrogens is 250 g/mol. The number of aliphatic hydroxyl groups excluding tert-OH is 1. The average molecular weight is 268 g/mol. The molecule has 4 atom stereocenters. The fraction of sp³-hybridized carbons (Fsp3) is 0.571. The minimum absolute atomic E-state index is 0.354. The fourth-order valence-corrected chi connectivity index (χ4v) is 3.04. The van der Waals surface area contributed by atoms with Gasteiger partial charge in [-0.3, -0.25) is 0 Å². The summed E-state index contributed by atoms with van der Waals surface area (Å²) in [6.07, 6.45) is 3.74. The highest BCUT2D eigenvalue weighted by molar-refractivity contribution is 6.30. The molecule has 2 heterocycles. The van der Waals surface area contributed by atoms with Crippen LogP contribution in [0.1, 0.15) is 30.9 Å². The number of hydrogen-bond acceptors (Lipinski definition) is 3. The second-order valence-corrected chi connectivity index (χ2v) is 5.63. The van der Waals surface area contributed by atoms with Crippen molar-refractivity contribution in [1.29, 1.82) is 0 Å². The lowest BCUT2D eigenvalue weighted by molar-refractivity contribution is 0.0942. The molecule has 2 aliphatic rings. The molecule has 4 unspecified atom stereocenters. The van der Waals surface area contributed by atoms with E-state index in [2.05, 4.69) is 5.32 Å². The Bertz CT molecular complexity index is 409. The number of halogens is 1. The molecule has 3 nitrogen and oxygen atoms in total. The van der Waals surface area contributed by atoms with Crippen LogP contribution < -0.4 is 5.32 Å². The summed E-state index contributed by atoms with van der Waals surface area (Å²) in [5.41, 5.74) is 0.899. The van der Waals surface area contributed by atoms with Crippen molar-refractivity contribution in [1.82, 2.24) is 5.32 Å². The highest BCUT2D eigenvalue weighted by Crippen LogP contribution is 2.34. The first-order valence-electron chi connectivity index (χ1n) is 6.55. The maximum atomic E-state index is 10.1. The van der Waals surface area contributed by atoms with E-state index in [1.807, 2.05) is 12.1 Å². The number of ether oxygens (including phenoxy) is 1. The number of rotatable bonds is 4. The first-order chi connectivity index (χ1) is 8.72. The van der Waals surface area contributed by atoms with E-state index < -0.39 is 6.10 Å². The molecule has 98 valence electrons. The van der Waals surface area contributed by atoms with Crippen LogP contribution in [0.2, 0.25) is 5.02 Å². The summed E-state index contributed by atoms with van der Waals surface area (Å²) < 4.78 is 5.78. The predicted molar refractivity (Wildman–Crippen MR) is 70.7 cm³/mol. The molecule has 2 fully saturated rings. The summed E-state index contributed by atoms with van der Waals surface area (Å²) in [5.74, 6) is 0. The first kappa shape index (κ1) is 12.4. The second-order valence-electron chi connectivity index (χ2n) is 5.19. The molecule has 0 aromatic heterocycles. The molecule has 0 amide bonds. The van der Waals surface area contributed by atoms with Gasteiger partial charge in [0.1, 0.15) is 0 Å². The van der Waals surface area contributed by atoms with Gasteiger partial charge >= 0.3 is 0 Å². The molecule has 2 N–H and O–H groups in total. The molecule has 1 aromatic rings. The van der Waals surface area contributed by atoms with Crippen LogP contribution in [0, 0.1) is 0 Å². The molecule has 3 rings (SSSR count). The van der Waals surface area contributed by atoms with Crippen molar-refractivity contribution in [2.24, 2.45) is 0 Å². The molecule has 0 saturated carbocycles. The lowest BCUT2D eigenvalue weighted by Gasteiger charge is -2.22. The van der Waals surface area contributed by atoms with Gasteiger partial charge in [-0.05, 0) is 37.0 Å². The zero-order chi connectivity index (χ0) is 12.5. The van der Waals surface area contributed by atoms with E-state index in [4.69, 9.17) is 16.3 Å². The van der Waals surface area contributed by atoms with E-state index in [0.717, 1.165) is 18.4 Å². The molecule has 0 aliphatic carbocycles. The van der Waals surface area contributed by atoms with Crippen LogP contribution in [-0.2, 0) is 4.74 Å². The van der Waals surface area contributed by atoms with Gasteiger partial charge in [-0.25, -0.2) is 0 Å². The van der Waals surface area contributed by atoms with Gasteiger partial charge in [0.15, 0.2) is 0 Å². The average Bonchev–Trinajstić information content (AvgIpc) is 2.99. The van der Waals surface area contributed by atoms with Gasteiger partial charge in [0.05, 0.1) is 18.3 Å². The normalized spacial score (nSPS) is 31.8. The van der Waals surface area contributed by atoms with Crippen molar-refractivity contribution in [3.63, 3.8) is 0 Å². The Morgan fingerprint density at radius 3 is 2.72 bits per heavy atom. The van der Waals surface area contributed by atoms with Crippen molar-refractivity contribution in [2.75, 3.05) is 6.54 Å². The summed E-state index contributed by atoms with van der Waals surface area (Å²) >= 11 is 5.83. The molecule has 0 spiro atoms. The van der Waals surface area contributed by atoms with Gasteiger partial charge in [0.2, 0.25) is 0 Å². The Balaban J connectivity index is 1.52. The minimum atomic E-state index is -0.485. The zero-order valence-electron chi connectivity index (χ0n) is 10.2. The third kappa shape index (κ3) is 2.54. The third-order valence-electron chi connectivity index (χ3n) is 3.93. The number of aliphatic hydroxyl groups is 1. The quantitative estimate of drug-likeness (QED) is 0.880. The summed E-state index contributed by atoms with van der Waals surface area (Å²) in [4.78, 5) is 0. The lowest BCUT2D eigenvalue weighted by atomic mass is 9.95. The third-order valence-corrected chi connectivity index (χ3v) is 4.19. The van der Waals surface area contributed by atoms with E-state index in [1.165, 1.54) is 6.42 Å². The molecule has 18 heavy (non-hydrogen) atoms. The van der Waals surface area contributed by atoms with Gasteiger partial charge in [-0.2, -0.15) is 0 Å².